The average molecular weight is 361 g/mol. The van der Waals surface area contributed by atoms with E-state index in [2.05, 4.69) is 14.9 Å². The summed E-state index contributed by atoms with van der Waals surface area (Å²) in [6.07, 6.45) is 2.85. The van der Waals surface area contributed by atoms with Crippen LogP contribution in [0, 0.1) is 0 Å². The molecule has 3 aromatic rings. The minimum absolute atomic E-state index is 0.296. The second-order valence-electron chi connectivity index (χ2n) is 6.33. The van der Waals surface area contributed by atoms with E-state index in [1.165, 1.54) is 6.07 Å². The fourth-order valence-electron chi connectivity index (χ4n) is 3.36. The zero-order valence-electron chi connectivity index (χ0n) is 14.0. The second kappa shape index (κ2) is 6.60. The number of hydrogen-bond donors (Lipinski definition) is 0. The molecule has 3 heterocycles. The summed E-state index contributed by atoms with van der Waals surface area (Å²) in [5.41, 5.74) is 0.566. The molecule has 5 nitrogen and oxygen atoms in total. The predicted octanol–water partition coefficient (Wildman–Crippen LogP) is 3.07. The van der Waals surface area contributed by atoms with E-state index >= 15 is 0 Å². The highest BCUT2D eigenvalue weighted by Crippen LogP contribution is 2.32. The molecule has 26 heavy (non-hydrogen) atoms. The lowest BCUT2D eigenvalue weighted by Gasteiger charge is -2.35. The van der Waals surface area contributed by atoms with Crippen molar-refractivity contribution in [2.45, 2.75) is 12.7 Å². The van der Waals surface area contributed by atoms with Crippen LogP contribution in [0.1, 0.15) is 11.1 Å². The first-order valence-corrected chi connectivity index (χ1v) is 8.42. The van der Waals surface area contributed by atoms with Crippen LogP contribution in [0.25, 0.3) is 5.65 Å². The van der Waals surface area contributed by atoms with Gasteiger partial charge in [-0.05, 0) is 11.6 Å². The Labute approximate surface area is 148 Å². The third kappa shape index (κ3) is 3.24. The molecule has 0 aliphatic carbocycles. The third-order valence-electron chi connectivity index (χ3n) is 4.68. The maximum Gasteiger partial charge on any atom is 0.416 e. The number of alkyl halides is 3. The number of piperazine rings is 1. The Balaban J connectivity index is 1.46. The summed E-state index contributed by atoms with van der Waals surface area (Å²) in [7, 11) is 0. The van der Waals surface area contributed by atoms with Crippen molar-refractivity contribution in [2.24, 2.45) is 0 Å². The zero-order chi connectivity index (χ0) is 18.1. The lowest BCUT2D eigenvalue weighted by Crippen LogP contribution is -2.46. The largest absolute Gasteiger partial charge is 0.416 e. The molecule has 2 aromatic heterocycles. The summed E-state index contributed by atoms with van der Waals surface area (Å²) in [5.74, 6) is 0.813. The van der Waals surface area contributed by atoms with Crippen molar-refractivity contribution in [2.75, 3.05) is 31.1 Å². The molecule has 8 heteroatoms. The van der Waals surface area contributed by atoms with Crippen molar-refractivity contribution in [3.05, 3.63) is 60.2 Å². The molecule has 0 saturated carbocycles. The number of halogens is 3. The highest BCUT2D eigenvalue weighted by molar-refractivity contribution is 5.64. The monoisotopic (exact) mass is 361 g/mol. The summed E-state index contributed by atoms with van der Waals surface area (Å²) in [6, 6.07) is 5.79. The number of imidazole rings is 1. The van der Waals surface area contributed by atoms with Gasteiger partial charge in [0.2, 0.25) is 0 Å². The fourth-order valence-corrected chi connectivity index (χ4v) is 3.36. The third-order valence-corrected chi connectivity index (χ3v) is 4.68. The average Bonchev–Trinajstić information content (AvgIpc) is 3.11. The maximum atomic E-state index is 13.2. The number of nitrogens with zero attached hydrogens (tertiary/aromatic N) is 5. The number of rotatable bonds is 3. The van der Waals surface area contributed by atoms with E-state index in [9.17, 15) is 13.2 Å². The maximum absolute atomic E-state index is 13.2. The van der Waals surface area contributed by atoms with Crippen LogP contribution in [-0.4, -0.2) is 45.4 Å². The first-order valence-electron chi connectivity index (χ1n) is 8.42. The highest BCUT2D eigenvalue weighted by Gasteiger charge is 2.33. The van der Waals surface area contributed by atoms with Crippen LogP contribution in [0.4, 0.5) is 19.0 Å². The van der Waals surface area contributed by atoms with Crippen LogP contribution in [0.2, 0.25) is 0 Å². The van der Waals surface area contributed by atoms with Crippen molar-refractivity contribution < 1.29 is 13.2 Å². The molecular weight excluding hydrogens is 343 g/mol. The van der Waals surface area contributed by atoms with E-state index in [-0.39, 0.29) is 0 Å². The van der Waals surface area contributed by atoms with Crippen molar-refractivity contribution in [1.82, 2.24) is 19.3 Å². The van der Waals surface area contributed by atoms with Crippen LogP contribution in [-0.2, 0) is 12.7 Å². The molecule has 1 aliphatic rings. The van der Waals surface area contributed by atoms with Crippen LogP contribution >= 0.6 is 0 Å². The number of fused-ring (bicyclic) bond motifs is 1. The van der Waals surface area contributed by atoms with Gasteiger partial charge in [0.05, 0.1) is 5.56 Å². The Morgan fingerprint density at radius 2 is 1.62 bits per heavy atom. The van der Waals surface area contributed by atoms with Crippen LogP contribution in [0.15, 0.2) is 49.1 Å². The van der Waals surface area contributed by atoms with E-state index in [1.54, 1.807) is 24.5 Å². The normalized spacial score (nSPS) is 16.3. The number of aromatic nitrogens is 3. The van der Waals surface area contributed by atoms with Gasteiger partial charge in [-0.3, -0.25) is 4.90 Å². The second-order valence-corrected chi connectivity index (χ2v) is 6.33. The number of hydrogen-bond acceptors (Lipinski definition) is 4. The molecule has 1 fully saturated rings. The lowest BCUT2D eigenvalue weighted by molar-refractivity contribution is -0.138. The molecule has 0 bridgehead atoms. The fraction of sp³-hybridized carbons (Fsp3) is 0.333. The summed E-state index contributed by atoms with van der Waals surface area (Å²) in [4.78, 5) is 13.0. The molecule has 0 spiro atoms. The Hall–Kier alpha value is -2.61. The van der Waals surface area contributed by atoms with Gasteiger partial charge in [-0.1, -0.05) is 18.2 Å². The van der Waals surface area contributed by atoms with E-state index in [0.29, 0.717) is 38.3 Å². The summed E-state index contributed by atoms with van der Waals surface area (Å²) < 4.78 is 41.4. The molecule has 0 N–H and O–H groups in total. The van der Waals surface area contributed by atoms with Gasteiger partial charge in [-0.15, -0.1) is 0 Å². The quantitative estimate of drug-likeness (QED) is 0.719. The van der Waals surface area contributed by atoms with Gasteiger partial charge in [0.15, 0.2) is 11.5 Å². The van der Waals surface area contributed by atoms with E-state index in [4.69, 9.17) is 0 Å². The van der Waals surface area contributed by atoms with Crippen molar-refractivity contribution in [3.8, 4) is 0 Å². The summed E-state index contributed by atoms with van der Waals surface area (Å²) >= 11 is 0. The van der Waals surface area contributed by atoms with E-state index in [1.807, 2.05) is 21.7 Å². The standard InChI is InChI=1S/C18H18F3N5/c19-18(20,21)15-4-2-1-3-14(15)13-24-9-11-26(12-10-24)17-16-22-5-7-25(16)8-6-23-17/h1-8H,9-13H2. The van der Waals surface area contributed by atoms with E-state index in [0.717, 1.165) is 17.5 Å². The van der Waals surface area contributed by atoms with Crippen molar-refractivity contribution in [3.63, 3.8) is 0 Å². The predicted molar refractivity (Wildman–Crippen MR) is 91.9 cm³/mol. The van der Waals surface area contributed by atoms with Crippen molar-refractivity contribution in [1.29, 1.82) is 0 Å². The first-order chi connectivity index (χ1) is 12.5. The first kappa shape index (κ1) is 16.8. The minimum atomic E-state index is -4.32. The highest BCUT2D eigenvalue weighted by atomic mass is 19.4. The van der Waals surface area contributed by atoms with Gasteiger partial charge in [0.1, 0.15) is 0 Å². The molecular formula is C18H18F3N5. The topological polar surface area (TPSA) is 36.7 Å². The summed E-state index contributed by atoms with van der Waals surface area (Å²) in [6.45, 7) is 3.05. The Bertz CT molecular complexity index is 897. The molecule has 1 aromatic carbocycles. The lowest BCUT2D eigenvalue weighted by atomic mass is 10.1. The Morgan fingerprint density at radius 3 is 2.35 bits per heavy atom. The smallest absolute Gasteiger partial charge is 0.351 e. The Morgan fingerprint density at radius 1 is 0.923 bits per heavy atom. The molecule has 1 saturated heterocycles. The number of benzene rings is 1. The van der Waals surface area contributed by atoms with Crippen LogP contribution < -0.4 is 4.90 Å². The molecule has 4 rings (SSSR count). The van der Waals surface area contributed by atoms with Gasteiger partial charge in [-0.2, -0.15) is 13.2 Å². The van der Waals surface area contributed by atoms with Gasteiger partial charge in [0.25, 0.3) is 0 Å². The molecule has 136 valence electrons. The molecule has 1 aliphatic heterocycles. The SMILES string of the molecule is FC(F)(F)c1ccccc1CN1CCN(c2nccn3ccnc23)CC1. The van der Waals surface area contributed by atoms with Gasteiger partial charge in [0, 0.05) is 57.5 Å². The molecule has 0 amide bonds. The molecule has 0 unspecified atom stereocenters. The minimum Gasteiger partial charge on any atom is -0.351 e. The van der Waals surface area contributed by atoms with Gasteiger partial charge < -0.3 is 9.30 Å². The zero-order valence-corrected chi connectivity index (χ0v) is 14.0. The summed E-state index contributed by atoms with van der Waals surface area (Å²) in [5, 5.41) is 0. The van der Waals surface area contributed by atoms with Gasteiger partial charge in [-0.25, -0.2) is 9.97 Å². The molecule has 0 radical (unpaired) electrons. The molecule has 0 atom stereocenters. The van der Waals surface area contributed by atoms with E-state index < -0.39 is 11.7 Å². The van der Waals surface area contributed by atoms with Crippen molar-refractivity contribution >= 4 is 11.5 Å². The number of anilines is 1. The van der Waals surface area contributed by atoms with Crippen LogP contribution in [0.5, 0.6) is 0 Å². The van der Waals surface area contributed by atoms with Crippen LogP contribution in [0.3, 0.4) is 0 Å². The Kier molecular flexibility index (Phi) is 4.28. The van der Waals surface area contributed by atoms with Gasteiger partial charge >= 0.3 is 6.18 Å².